The Morgan fingerprint density at radius 3 is 2.53 bits per heavy atom. The van der Waals surface area contributed by atoms with Gasteiger partial charge in [0, 0.05) is 13.2 Å². The lowest BCUT2D eigenvalue weighted by Gasteiger charge is -2.34. The van der Waals surface area contributed by atoms with Crippen molar-refractivity contribution in [3.05, 3.63) is 0 Å². The molecule has 19 heavy (non-hydrogen) atoms. The van der Waals surface area contributed by atoms with Crippen LogP contribution in [0.3, 0.4) is 0 Å². The topological polar surface area (TPSA) is 30.5 Å². The summed E-state index contributed by atoms with van der Waals surface area (Å²) in [5.74, 6) is 0. The Bertz CT molecular complexity index is 215. The molecule has 0 aromatic heterocycles. The van der Waals surface area contributed by atoms with Crippen molar-refractivity contribution >= 4 is 0 Å². The van der Waals surface area contributed by atoms with Gasteiger partial charge in [0.2, 0.25) is 0 Å². The Morgan fingerprint density at radius 2 is 1.84 bits per heavy atom. The summed E-state index contributed by atoms with van der Waals surface area (Å²) in [7, 11) is 0. The standard InChI is InChI=1S/C16H33NO2/c1-4-5-13-18-15(2)8-6-7-14-19-16(3)9-11-17-12-10-16/h15,17H,4-14H2,1-3H3/t15-/m1/s1. The van der Waals surface area contributed by atoms with Gasteiger partial charge in [0.05, 0.1) is 11.7 Å². The minimum absolute atomic E-state index is 0.120. The number of nitrogens with one attached hydrogen (secondary N) is 1. The van der Waals surface area contributed by atoms with Crippen molar-refractivity contribution in [1.29, 1.82) is 0 Å². The van der Waals surface area contributed by atoms with Crippen LogP contribution < -0.4 is 5.32 Å². The van der Waals surface area contributed by atoms with E-state index in [0.717, 1.165) is 52.0 Å². The Balaban J connectivity index is 1.95. The molecule has 1 aliphatic heterocycles. The largest absolute Gasteiger partial charge is 0.379 e. The van der Waals surface area contributed by atoms with Crippen LogP contribution in [-0.4, -0.2) is 38.0 Å². The van der Waals surface area contributed by atoms with Gasteiger partial charge in [-0.3, -0.25) is 0 Å². The molecule has 1 atom stereocenters. The quantitative estimate of drug-likeness (QED) is 0.617. The van der Waals surface area contributed by atoms with Crippen LogP contribution in [0.25, 0.3) is 0 Å². The normalized spacial score (nSPS) is 20.4. The van der Waals surface area contributed by atoms with E-state index in [1.54, 1.807) is 0 Å². The molecule has 1 aliphatic rings. The van der Waals surface area contributed by atoms with Gasteiger partial charge in [-0.05, 0) is 65.5 Å². The zero-order valence-corrected chi connectivity index (χ0v) is 13.2. The number of ether oxygens (including phenoxy) is 2. The molecule has 0 unspecified atom stereocenters. The van der Waals surface area contributed by atoms with Crippen LogP contribution in [-0.2, 0) is 9.47 Å². The first kappa shape index (κ1) is 16.9. The van der Waals surface area contributed by atoms with E-state index in [9.17, 15) is 0 Å². The summed E-state index contributed by atoms with van der Waals surface area (Å²) >= 11 is 0. The Morgan fingerprint density at radius 1 is 1.11 bits per heavy atom. The molecule has 0 aromatic rings. The molecule has 1 fully saturated rings. The molecule has 0 saturated carbocycles. The van der Waals surface area contributed by atoms with Gasteiger partial charge in [0.1, 0.15) is 0 Å². The van der Waals surface area contributed by atoms with Gasteiger partial charge in [-0.25, -0.2) is 0 Å². The summed E-state index contributed by atoms with van der Waals surface area (Å²) in [6.07, 6.45) is 8.61. The number of rotatable bonds is 10. The third-order valence-corrected chi connectivity index (χ3v) is 4.02. The van der Waals surface area contributed by atoms with E-state index in [0.29, 0.717) is 6.10 Å². The van der Waals surface area contributed by atoms with Crippen LogP contribution in [0, 0.1) is 0 Å². The fourth-order valence-corrected chi connectivity index (χ4v) is 2.46. The van der Waals surface area contributed by atoms with Crippen molar-refractivity contribution < 1.29 is 9.47 Å². The third-order valence-electron chi connectivity index (χ3n) is 4.02. The first-order valence-corrected chi connectivity index (χ1v) is 8.12. The lowest BCUT2D eigenvalue weighted by molar-refractivity contribution is -0.0536. The number of unbranched alkanes of at least 4 members (excludes halogenated alkanes) is 2. The maximum atomic E-state index is 6.07. The Kier molecular flexibility index (Phi) is 8.67. The van der Waals surface area contributed by atoms with E-state index in [1.165, 1.54) is 19.3 Å². The first-order valence-electron chi connectivity index (χ1n) is 8.12. The Hall–Kier alpha value is -0.120. The molecule has 3 heteroatoms. The van der Waals surface area contributed by atoms with Crippen molar-refractivity contribution in [2.24, 2.45) is 0 Å². The summed E-state index contributed by atoms with van der Waals surface area (Å²) in [4.78, 5) is 0. The molecule has 0 spiro atoms. The van der Waals surface area contributed by atoms with Crippen molar-refractivity contribution in [2.75, 3.05) is 26.3 Å². The monoisotopic (exact) mass is 271 g/mol. The van der Waals surface area contributed by atoms with Gasteiger partial charge in [-0.15, -0.1) is 0 Å². The van der Waals surface area contributed by atoms with Crippen molar-refractivity contribution in [2.45, 2.75) is 77.4 Å². The fourth-order valence-electron chi connectivity index (χ4n) is 2.46. The highest BCUT2D eigenvalue weighted by Gasteiger charge is 2.26. The van der Waals surface area contributed by atoms with Crippen LogP contribution in [0.4, 0.5) is 0 Å². The molecule has 0 radical (unpaired) electrons. The maximum Gasteiger partial charge on any atom is 0.0678 e. The second-order valence-electron chi connectivity index (χ2n) is 6.08. The molecular weight excluding hydrogens is 238 g/mol. The number of piperidine rings is 1. The first-order chi connectivity index (χ1) is 9.16. The zero-order chi connectivity index (χ0) is 14.0. The van der Waals surface area contributed by atoms with Gasteiger partial charge < -0.3 is 14.8 Å². The van der Waals surface area contributed by atoms with Crippen LogP contribution >= 0.6 is 0 Å². The van der Waals surface area contributed by atoms with Gasteiger partial charge in [0.15, 0.2) is 0 Å². The molecule has 3 nitrogen and oxygen atoms in total. The molecule has 114 valence electrons. The molecular formula is C16H33NO2. The van der Waals surface area contributed by atoms with Crippen molar-refractivity contribution in [1.82, 2.24) is 5.32 Å². The second-order valence-corrected chi connectivity index (χ2v) is 6.08. The van der Waals surface area contributed by atoms with E-state index in [1.807, 2.05) is 0 Å². The minimum atomic E-state index is 0.120. The summed E-state index contributed by atoms with van der Waals surface area (Å²) in [5.41, 5.74) is 0.120. The fraction of sp³-hybridized carbons (Fsp3) is 1.00. The lowest BCUT2D eigenvalue weighted by Crippen LogP contribution is -2.41. The highest BCUT2D eigenvalue weighted by Crippen LogP contribution is 2.22. The Labute approximate surface area is 119 Å². The highest BCUT2D eigenvalue weighted by molar-refractivity contribution is 4.81. The highest BCUT2D eigenvalue weighted by atomic mass is 16.5. The van der Waals surface area contributed by atoms with E-state index in [4.69, 9.17) is 9.47 Å². The average Bonchev–Trinajstić information content (AvgIpc) is 2.39. The summed E-state index contributed by atoms with van der Waals surface area (Å²) in [6, 6.07) is 0. The predicted octanol–water partition coefficient (Wildman–Crippen LogP) is 3.52. The smallest absolute Gasteiger partial charge is 0.0678 e. The number of hydrogen-bond donors (Lipinski definition) is 1. The van der Waals surface area contributed by atoms with E-state index >= 15 is 0 Å². The lowest BCUT2D eigenvalue weighted by atomic mass is 9.94. The molecule has 1 N–H and O–H groups in total. The van der Waals surface area contributed by atoms with Crippen LogP contribution in [0.2, 0.25) is 0 Å². The molecule has 1 heterocycles. The molecule has 1 rings (SSSR count). The summed E-state index contributed by atoms with van der Waals surface area (Å²) < 4.78 is 11.8. The SMILES string of the molecule is CCCCO[C@H](C)CCCCOC1(C)CCNCC1. The van der Waals surface area contributed by atoms with Gasteiger partial charge in [-0.1, -0.05) is 13.3 Å². The van der Waals surface area contributed by atoms with Crippen LogP contribution in [0.15, 0.2) is 0 Å². The van der Waals surface area contributed by atoms with E-state index < -0.39 is 0 Å². The van der Waals surface area contributed by atoms with Crippen LogP contribution in [0.5, 0.6) is 0 Å². The average molecular weight is 271 g/mol. The van der Waals surface area contributed by atoms with E-state index in [-0.39, 0.29) is 5.60 Å². The molecule has 0 aliphatic carbocycles. The molecule has 1 saturated heterocycles. The maximum absolute atomic E-state index is 6.07. The van der Waals surface area contributed by atoms with Crippen molar-refractivity contribution in [3.63, 3.8) is 0 Å². The minimum Gasteiger partial charge on any atom is -0.379 e. The predicted molar refractivity (Wildman–Crippen MR) is 80.6 cm³/mol. The van der Waals surface area contributed by atoms with E-state index in [2.05, 4.69) is 26.1 Å². The second kappa shape index (κ2) is 9.73. The van der Waals surface area contributed by atoms with Gasteiger partial charge in [-0.2, -0.15) is 0 Å². The van der Waals surface area contributed by atoms with Crippen LogP contribution in [0.1, 0.15) is 65.7 Å². The summed E-state index contributed by atoms with van der Waals surface area (Å²) in [5, 5.41) is 3.38. The zero-order valence-electron chi connectivity index (χ0n) is 13.2. The van der Waals surface area contributed by atoms with Gasteiger partial charge >= 0.3 is 0 Å². The molecule has 0 amide bonds. The molecule has 0 bridgehead atoms. The summed E-state index contributed by atoms with van der Waals surface area (Å²) in [6.45, 7) is 10.6. The number of hydrogen-bond acceptors (Lipinski definition) is 3. The van der Waals surface area contributed by atoms with Gasteiger partial charge in [0.25, 0.3) is 0 Å². The van der Waals surface area contributed by atoms with Crippen molar-refractivity contribution in [3.8, 4) is 0 Å². The molecule has 0 aromatic carbocycles. The third kappa shape index (κ3) is 7.91.